The number of aromatic carboxylic acids is 1. The van der Waals surface area contributed by atoms with E-state index >= 15 is 0 Å². The molecule has 1 amide bonds. The van der Waals surface area contributed by atoms with Gasteiger partial charge in [0.1, 0.15) is 17.3 Å². The summed E-state index contributed by atoms with van der Waals surface area (Å²) in [4.78, 5) is 24.6. The van der Waals surface area contributed by atoms with Crippen molar-refractivity contribution in [1.82, 2.24) is 4.31 Å². The quantitative estimate of drug-likeness (QED) is 0.710. The highest BCUT2D eigenvalue weighted by atomic mass is 35.5. The summed E-state index contributed by atoms with van der Waals surface area (Å²) in [7, 11) is -4.30. The van der Waals surface area contributed by atoms with E-state index in [1.165, 1.54) is 0 Å². The van der Waals surface area contributed by atoms with E-state index in [1.807, 2.05) is 25.1 Å². The van der Waals surface area contributed by atoms with Crippen LogP contribution in [0, 0.1) is 12.7 Å². The first kappa shape index (κ1) is 22.5. The number of hydrogen-bond acceptors (Lipinski definition) is 5. The van der Waals surface area contributed by atoms with Gasteiger partial charge >= 0.3 is 12.1 Å². The number of sulfonamides is 1. The molecule has 0 aromatic heterocycles. The molecule has 32 heavy (non-hydrogen) atoms. The molecule has 0 spiro atoms. The maximum Gasteiger partial charge on any atom is 0.414 e. The summed E-state index contributed by atoms with van der Waals surface area (Å²) >= 11 is 5.72. The van der Waals surface area contributed by atoms with E-state index in [4.69, 9.17) is 16.3 Å². The first-order valence-electron chi connectivity index (χ1n) is 9.87. The van der Waals surface area contributed by atoms with Gasteiger partial charge < -0.3 is 9.84 Å². The van der Waals surface area contributed by atoms with Gasteiger partial charge in [-0.3, -0.25) is 4.90 Å². The van der Waals surface area contributed by atoms with Gasteiger partial charge in [0.25, 0.3) is 0 Å². The SMILES string of the molecule is Cc1ccc2c(c1)COC(=O)N2C1CCN(S(=O)(=O)c2cc(C(=O)O)c(Cl)cc2F)CC1. The molecule has 0 bridgehead atoms. The van der Waals surface area contributed by atoms with Crippen molar-refractivity contribution < 1.29 is 32.2 Å². The van der Waals surface area contributed by atoms with Gasteiger partial charge in [-0.15, -0.1) is 0 Å². The number of carbonyl (C=O) groups excluding carboxylic acids is 1. The van der Waals surface area contributed by atoms with Crippen LogP contribution in [0.25, 0.3) is 0 Å². The van der Waals surface area contributed by atoms with Crippen molar-refractivity contribution in [3.8, 4) is 0 Å². The smallest absolute Gasteiger partial charge is 0.414 e. The third-order valence-corrected chi connectivity index (χ3v) is 7.93. The number of piperidine rings is 1. The zero-order chi connectivity index (χ0) is 23.2. The molecule has 2 aromatic carbocycles. The predicted octanol–water partition coefficient (Wildman–Crippen LogP) is 3.80. The molecule has 2 aliphatic heterocycles. The topological polar surface area (TPSA) is 104 Å². The number of fused-ring (bicyclic) bond motifs is 1. The summed E-state index contributed by atoms with van der Waals surface area (Å²) < 4.78 is 46.8. The summed E-state index contributed by atoms with van der Waals surface area (Å²) in [5.74, 6) is -2.58. The Hall–Kier alpha value is -2.69. The van der Waals surface area contributed by atoms with E-state index in [1.54, 1.807) is 4.90 Å². The summed E-state index contributed by atoms with van der Waals surface area (Å²) in [6, 6.07) is 6.82. The molecule has 0 saturated carbocycles. The number of rotatable bonds is 4. The minimum Gasteiger partial charge on any atom is -0.478 e. The Kier molecular flexibility index (Phi) is 5.87. The number of benzene rings is 2. The summed E-state index contributed by atoms with van der Waals surface area (Å²) in [6.07, 6.45) is 0.128. The molecule has 0 unspecified atom stereocenters. The first-order valence-corrected chi connectivity index (χ1v) is 11.7. The summed E-state index contributed by atoms with van der Waals surface area (Å²) in [6.45, 7) is 2.18. The lowest BCUT2D eigenvalue weighted by Crippen LogP contribution is -2.50. The van der Waals surface area contributed by atoms with Crippen LogP contribution >= 0.6 is 11.6 Å². The molecule has 0 atom stereocenters. The Bertz CT molecular complexity index is 1210. The van der Waals surface area contributed by atoms with Crippen LogP contribution in [-0.4, -0.2) is 49.0 Å². The summed E-state index contributed by atoms with van der Waals surface area (Å²) in [5, 5.41) is 8.81. The molecular formula is C21H20ClFN2O6S. The van der Waals surface area contributed by atoms with Gasteiger partial charge in [-0.05, 0) is 38.0 Å². The number of nitrogens with zero attached hydrogens (tertiary/aromatic N) is 2. The number of aryl methyl sites for hydroxylation is 1. The molecule has 2 heterocycles. The highest BCUT2D eigenvalue weighted by molar-refractivity contribution is 7.89. The number of carboxylic acid groups (broad SMARTS) is 1. The molecule has 1 saturated heterocycles. The van der Waals surface area contributed by atoms with Crippen molar-refractivity contribution in [2.45, 2.75) is 37.3 Å². The van der Waals surface area contributed by atoms with Crippen molar-refractivity contribution in [3.05, 3.63) is 57.9 Å². The van der Waals surface area contributed by atoms with Crippen molar-refractivity contribution in [2.75, 3.05) is 18.0 Å². The molecule has 11 heteroatoms. The monoisotopic (exact) mass is 482 g/mol. The molecule has 1 N–H and O–H groups in total. The molecule has 0 radical (unpaired) electrons. The lowest BCUT2D eigenvalue weighted by atomic mass is 10.0. The zero-order valence-corrected chi connectivity index (χ0v) is 18.6. The van der Waals surface area contributed by atoms with Gasteiger partial charge in [-0.25, -0.2) is 22.4 Å². The number of carbonyl (C=O) groups is 2. The van der Waals surface area contributed by atoms with Gasteiger partial charge in [0.15, 0.2) is 0 Å². The van der Waals surface area contributed by atoms with E-state index < -0.39 is 38.4 Å². The fourth-order valence-corrected chi connectivity index (χ4v) is 5.86. The van der Waals surface area contributed by atoms with Crippen LogP contribution in [0.4, 0.5) is 14.9 Å². The largest absolute Gasteiger partial charge is 0.478 e. The standard InChI is InChI=1S/C21H20ClFN2O6S/c1-12-2-3-18-13(8-12)11-31-21(28)25(18)14-4-6-24(7-5-14)32(29,30)19-9-15(20(26)27)16(22)10-17(19)23/h2-3,8-10,14H,4-7,11H2,1H3,(H,26,27). The van der Waals surface area contributed by atoms with Gasteiger partial charge in [0, 0.05) is 24.7 Å². The Labute approximate surface area is 189 Å². The maximum atomic E-state index is 14.4. The number of halogens is 2. The normalized spacial score (nSPS) is 17.7. The number of anilines is 1. The third kappa shape index (κ3) is 3.94. The number of cyclic esters (lactones) is 1. The van der Waals surface area contributed by atoms with Crippen LogP contribution in [0.1, 0.15) is 34.3 Å². The third-order valence-electron chi connectivity index (χ3n) is 5.70. The molecule has 170 valence electrons. The van der Waals surface area contributed by atoms with E-state index in [0.29, 0.717) is 18.9 Å². The predicted molar refractivity (Wildman–Crippen MR) is 114 cm³/mol. The number of ether oxygens (including phenoxy) is 1. The van der Waals surface area contributed by atoms with Crippen LogP contribution in [0.5, 0.6) is 0 Å². The second kappa shape index (κ2) is 8.34. The molecule has 2 aliphatic rings. The molecule has 2 aromatic rings. The van der Waals surface area contributed by atoms with Crippen molar-refractivity contribution in [2.24, 2.45) is 0 Å². The van der Waals surface area contributed by atoms with Crippen LogP contribution < -0.4 is 4.90 Å². The Morgan fingerprint density at radius 2 is 1.91 bits per heavy atom. The van der Waals surface area contributed by atoms with Gasteiger partial charge in [-0.1, -0.05) is 29.3 Å². The molecule has 1 fully saturated rings. The highest BCUT2D eigenvalue weighted by Gasteiger charge is 2.38. The minimum absolute atomic E-state index is 0.0302. The number of amides is 1. The van der Waals surface area contributed by atoms with Crippen LogP contribution in [0.3, 0.4) is 0 Å². The average molecular weight is 483 g/mol. The van der Waals surface area contributed by atoms with Crippen LogP contribution in [0.2, 0.25) is 5.02 Å². The Morgan fingerprint density at radius 3 is 2.56 bits per heavy atom. The zero-order valence-electron chi connectivity index (χ0n) is 17.0. The molecule has 4 rings (SSSR count). The maximum absolute atomic E-state index is 14.4. The number of carboxylic acids is 1. The molecular weight excluding hydrogens is 463 g/mol. The number of hydrogen-bond donors (Lipinski definition) is 1. The first-order chi connectivity index (χ1) is 15.1. The van der Waals surface area contributed by atoms with Gasteiger partial charge in [-0.2, -0.15) is 4.31 Å². The van der Waals surface area contributed by atoms with Crippen LogP contribution in [0.15, 0.2) is 35.2 Å². The second-order valence-electron chi connectivity index (χ2n) is 7.76. The van der Waals surface area contributed by atoms with E-state index in [9.17, 15) is 27.5 Å². The molecule has 0 aliphatic carbocycles. The Morgan fingerprint density at radius 1 is 1.22 bits per heavy atom. The van der Waals surface area contributed by atoms with E-state index in [2.05, 4.69) is 0 Å². The fourth-order valence-electron chi connectivity index (χ4n) is 4.09. The lowest BCUT2D eigenvalue weighted by Gasteiger charge is -2.39. The lowest BCUT2D eigenvalue weighted by molar-refractivity contribution is 0.0696. The van der Waals surface area contributed by atoms with E-state index in [-0.39, 0.29) is 30.8 Å². The van der Waals surface area contributed by atoms with Gasteiger partial charge in [0.2, 0.25) is 10.0 Å². The van der Waals surface area contributed by atoms with E-state index in [0.717, 1.165) is 27.2 Å². The summed E-state index contributed by atoms with van der Waals surface area (Å²) in [5.41, 5.74) is 2.16. The van der Waals surface area contributed by atoms with Crippen molar-refractivity contribution in [3.63, 3.8) is 0 Å². The second-order valence-corrected chi connectivity index (χ2v) is 10.1. The molecule has 8 nitrogen and oxygen atoms in total. The minimum atomic E-state index is -4.30. The average Bonchev–Trinajstić information content (AvgIpc) is 2.73. The van der Waals surface area contributed by atoms with Gasteiger partial charge in [0.05, 0.1) is 16.3 Å². The highest BCUT2D eigenvalue weighted by Crippen LogP contribution is 2.34. The fraction of sp³-hybridized carbons (Fsp3) is 0.333. The van der Waals surface area contributed by atoms with Crippen molar-refractivity contribution >= 4 is 39.4 Å². The Balaban J connectivity index is 1.56. The van der Waals surface area contributed by atoms with Crippen molar-refractivity contribution in [1.29, 1.82) is 0 Å². The van der Waals surface area contributed by atoms with Crippen LogP contribution in [-0.2, 0) is 21.4 Å².